The summed E-state index contributed by atoms with van der Waals surface area (Å²) < 4.78 is 5.23. The highest BCUT2D eigenvalue weighted by atomic mass is 16.3. The Morgan fingerprint density at radius 2 is 2.10 bits per heavy atom. The van der Waals surface area contributed by atoms with Crippen LogP contribution in [-0.4, -0.2) is 12.6 Å². The van der Waals surface area contributed by atoms with Crippen LogP contribution in [0.2, 0.25) is 0 Å². The summed E-state index contributed by atoms with van der Waals surface area (Å²) in [5.74, 6) is 0.510. The first-order valence-corrected chi connectivity index (χ1v) is 6.18. The van der Waals surface area contributed by atoms with Gasteiger partial charge in [-0.3, -0.25) is 4.79 Å². The zero-order valence-electron chi connectivity index (χ0n) is 11.0. The maximum absolute atomic E-state index is 11.0. The molecule has 1 aromatic carbocycles. The number of benzene rings is 1. The molecule has 20 heavy (non-hydrogen) atoms. The van der Waals surface area contributed by atoms with Crippen LogP contribution in [0.4, 0.5) is 11.4 Å². The van der Waals surface area contributed by atoms with Crippen molar-refractivity contribution in [1.29, 1.82) is 0 Å². The quantitative estimate of drug-likeness (QED) is 0.825. The number of anilines is 2. The fourth-order valence-electron chi connectivity index (χ4n) is 2.12. The van der Waals surface area contributed by atoms with Gasteiger partial charge in [0.1, 0.15) is 12.5 Å². The molecule has 1 aromatic heterocycles. The van der Waals surface area contributed by atoms with E-state index in [0.29, 0.717) is 18.0 Å². The Morgan fingerprint density at radius 1 is 1.35 bits per heavy atom. The van der Waals surface area contributed by atoms with Crippen molar-refractivity contribution < 1.29 is 9.21 Å². The second-order valence-electron chi connectivity index (χ2n) is 4.48. The van der Waals surface area contributed by atoms with E-state index in [0.717, 1.165) is 16.6 Å². The van der Waals surface area contributed by atoms with Gasteiger partial charge in [0.15, 0.2) is 0 Å². The lowest BCUT2D eigenvalue weighted by Gasteiger charge is -2.24. The normalized spacial score (nSPS) is 13.7. The topological polar surface area (TPSA) is 83.9 Å². The molecular formula is C14H14N4O2. The SMILES string of the molecule is CC(=O)Nc1ccc(N2CN=c3occc3=C2N)cc1. The first-order valence-electron chi connectivity index (χ1n) is 6.18. The smallest absolute Gasteiger partial charge is 0.226 e. The molecule has 6 nitrogen and oxygen atoms in total. The molecule has 0 radical (unpaired) electrons. The number of nitrogens with one attached hydrogen (secondary N) is 1. The van der Waals surface area contributed by atoms with Gasteiger partial charge in [0.2, 0.25) is 11.5 Å². The minimum absolute atomic E-state index is 0.0974. The van der Waals surface area contributed by atoms with E-state index in [1.165, 1.54) is 6.92 Å². The first-order chi connectivity index (χ1) is 9.65. The van der Waals surface area contributed by atoms with E-state index in [9.17, 15) is 4.79 Å². The second-order valence-corrected chi connectivity index (χ2v) is 4.48. The predicted molar refractivity (Wildman–Crippen MR) is 75.2 cm³/mol. The Hall–Kier alpha value is -2.76. The molecule has 0 fully saturated rings. The van der Waals surface area contributed by atoms with Crippen LogP contribution >= 0.6 is 0 Å². The van der Waals surface area contributed by atoms with Crippen molar-refractivity contribution in [3.05, 3.63) is 47.4 Å². The lowest BCUT2D eigenvalue weighted by atomic mass is 10.2. The third-order valence-electron chi connectivity index (χ3n) is 3.07. The van der Waals surface area contributed by atoms with Crippen molar-refractivity contribution >= 4 is 23.1 Å². The van der Waals surface area contributed by atoms with E-state index in [4.69, 9.17) is 10.2 Å². The zero-order valence-corrected chi connectivity index (χ0v) is 11.0. The Morgan fingerprint density at radius 3 is 2.80 bits per heavy atom. The highest BCUT2D eigenvalue weighted by molar-refractivity contribution is 5.89. The number of furan rings is 1. The lowest BCUT2D eigenvalue weighted by Crippen LogP contribution is -2.42. The van der Waals surface area contributed by atoms with Crippen molar-refractivity contribution in [2.24, 2.45) is 10.7 Å². The molecule has 2 aromatic rings. The molecular weight excluding hydrogens is 256 g/mol. The molecule has 2 heterocycles. The summed E-state index contributed by atoms with van der Waals surface area (Å²) in [5.41, 5.74) is 8.36. The Balaban J connectivity index is 1.93. The third-order valence-corrected chi connectivity index (χ3v) is 3.07. The average molecular weight is 270 g/mol. The Labute approximate surface area is 115 Å². The molecule has 0 saturated carbocycles. The van der Waals surface area contributed by atoms with Gasteiger partial charge in [-0.1, -0.05) is 0 Å². The number of nitrogens with two attached hydrogens (primary N) is 1. The summed E-state index contributed by atoms with van der Waals surface area (Å²) in [5, 5.41) is 3.52. The average Bonchev–Trinajstić information content (AvgIpc) is 2.89. The first kappa shape index (κ1) is 12.3. The maximum atomic E-state index is 11.0. The summed E-state index contributed by atoms with van der Waals surface area (Å²) >= 11 is 0. The number of amides is 1. The van der Waals surface area contributed by atoms with Crippen molar-refractivity contribution in [3.8, 4) is 0 Å². The monoisotopic (exact) mass is 270 g/mol. The molecule has 6 heteroatoms. The molecule has 1 aliphatic rings. The molecule has 1 amide bonds. The molecule has 0 unspecified atom stereocenters. The van der Waals surface area contributed by atoms with Crippen LogP contribution in [0.3, 0.4) is 0 Å². The van der Waals surface area contributed by atoms with Crippen molar-refractivity contribution in [1.82, 2.24) is 0 Å². The van der Waals surface area contributed by atoms with Gasteiger partial charge < -0.3 is 20.4 Å². The molecule has 102 valence electrons. The van der Waals surface area contributed by atoms with E-state index in [1.54, 1.807) is 12.3 Å². The van der Waals surface area contributed by atoms with Crippen LogP contribution in [0, 0.1) is 0 Å². The number of carbonyl (C=O) groups is 1. The highest BCUT2D eigenvalue weighted by Gasteiger charge is 2.15. The van der Waals surface area contributed by atoms with Crippen LogP contribution in [0.5, 0.6) is 0 Å². The van der Waals surface area contributed by atoms with Crippen molar-refractivity contribution in [2.45, 2.75) is 6.92 Å². The lowest BCUT2D eigenvalue weighted by molar-refractivity contribution is -0.114. The van der Waals surface area contributed by atoms with Crippen LogP contribution in [-0.2, 0) is 4.79 Å². The number of nitrogens with zero attached hydrogens (tertiary/aromatic N) is 2. The molecule has 0 spiro atoms. The van der Waals surface area contributed by atoms with Gasteiger partial charge in [-0.05, 0) is 30.3 Å². The van der Waals surface area contributed by atoms with E-state index < -0.39 is 0 Å². The van der Waals surface area contributed by atoms with Gasteiger partial charge in [0, 0.05) is 18.3 Å². The van der Waals surface area contributed by atoms with Crippen molar-refractivity contribution in [2.75, 3.05) is 16.9 Å². The van der Waals surface area contributed by atoms with Crippen LogP contribution in [0.15, 0.2) is 46.0 Å². The van der Waals surface area contributed by atoms with Gasteiger partial charge in [-0.2, -0.15) is 0 Å². The number of rotatable bonds is 2. The largest absolute Gasteiger partial charge is 0.446 e. The fraction of sp³-hybridized carbons (Fsp3) is 0.143. The molecule has 0 aliphatic carbocycles. The number of hydrogen-bond acceptors (Lipinski definition) is 5. The summed E-state index contributed by atoms with van der Waals surface area (Å²) in [6, 6.07) is 9.23. The third kappa shape index (κ3) is 2.11. The van der Waals surface area contributed by atoms with Gasteiger partial charge in [0.25, 0.3) is 0 Å². The Kier molecular flexibility index (Phi) is 2.90. The zero-order chi connectivity index (χ0) is 14.1. The van der Waals surface area contributed by atoms with E-state index in [2.05, 4.69) is 10.3 Å². The maximum Gasteiger partial charge on any atom is 0.226 e. The number of hydrogen-bond donors (Lipinski definition) is 2. The molecule has 0 bridgehead atoms. The standard InChI is InChI=1S/C14H14N4O2/c1-9(19)17-10-2-4-11(5-3-10)18-8-16-14-12(13(18)15)6-7-20-14/h2-7H,8,15H2,1H3,(H,17,19). The van der Waals surface area contributed by atoms with Gasteiger partial charge in [-0.15, -0.1) is 0 Å². The summed E-state index contributed by atoms with van der Waals surface area (Å²) in [6.45, 7) is 1.88. The van der Waals surface area contributed by atoms with Gasteiger partial charge in [0.05, 0.1) is 11.5 Å². The summed E-state index contributed by atoms with van der Waals surface area (Å²) in [6.07, 6.45) is 1.57. The van der Waals surface area contributed by atoms with Gasteiger partial charge >= 0.3 is 0 Å². The molecule has 0 atom stereocenters. The van der Waals surface area contributed by atoms with Crippen LogP contribution in [0.25, 0.3) is 5.82 Å². The minimum Gasteiger partial charge on any atom is -0.446 e. The number of fused-ring (bicyclic) bond motifs is 1. The van der Waals surface area contributed by atoms with Crippen molar-refractivity contribution in [3.63, 3.8) is 0 Å². The molecule has 0 saturated heterocycles. The fourth-order valence-corrected chi connectivity index (χ4v) is 2.12. The van der Waals surface area contributed by atoms with E-state index in [-0.39, 0.29) is 5.91 Å². The molecule has 3 N–H and O–H groups in total. The summed E-state index contributed by atoms with van der Waals surface area (Å²) in [7, 11) is 0. The molecule has 3 rings (SSSR count). The van der Waals surface area contributed by atoms with Gasteiger partial charge in [-0.25, -0.2) is 4.99 Å². The van der Waals surface area contributed by atoms with E-state index >= 15 is 0 Å². The molecule has 1 aliphatic heterocycles. The van der Waals surface area contributed by atoms with Crippen LogP contribution in [0.1, 0.15) is 6.92 Å². The van der Waals surface area contributed by atoms with E-state index in [1.807, 2.05) is 29.2 Å². The predicted octanol–water partition coefficient (Wildman–Crippen LogP) is 0.360. The highest BCUT2D eigenvalue weighted by Crippen LogP contribution is 2.20. The summed E-state index contributed by atoms with van der Waals surface area (Å²) in [4.78, 5) is 17.2. The Bertz CT molecular complexity index is 761. The minimum atomic E-state index is -0.0974. The van der Waals surface area contributed by atoms with Crippen LogP contribution < -0.4 is 26.7 Å². The second kappa shape index (κ2) is 4.73. The number of carbonyl (C=O) groups excluding carboxylic acids is 1.